The van der Waals surface area contributed by atoms with Gasteiger partial charge in [0, 0.05) is 25.0 Å². The SMILES string of the molecule is Cn1c(-c2ccncc2)nc2cc(NN)ccc21. The van der Waals surface area contributed by atoms with Crippen LogP contribution in [0.25, 0.3) is 22.4 Å². The van der Waals surface area contributed by atoms with Crippen molar-refractivity contribution in [1.29, 1.82) is 0 Å². The molecule has 0 spiro atoms. The molecule has 0 bridgehead atoms. The largest absolute Gasteiger partial charge is 0.327 e. The summed E-state index contributed by atoms with van der Waals surface area (Å²) in [5.41, 5.74) is 6.51. The first kappa shape index (κ1) is 10.7. The number of nitrogens with one attached hydrogen (secondary N) is 1. The standard InChI is InChI=1S/C13H13N5/c1-18-12-3-2-10(17-14)8-11(12)16-13(18)9-4-6-15-7-5-9/h2-8,17H,14H2,1H3. The third-order valence-electron chi connectivity index (χ3n) is 2.99. The maximum atomic E-state index is 5.40. The molecule has 0 amide bonds. The van der Waals surface area contributed by atoms with Crippen LogP contribution < -0.4 is 11.3 Å². The highest BCUT2D eigenvalue weighted by molar-refractivity contribution is 5.83. The van der Waals surface area contributed by atoms with E-state index in [2.05, 4.69) is 20.0 Å². The first-order valence-corrected chi connectivity index (χ1v) is 5.63. The van der Waals surface area contributed by atoms with E-state index < -0.39 is 0 Å². The molecule has 0 saturated heterocycles. The maximum absolute atomic E-state index is 5.40. The van der Waals surface area contributed by atoms with E-state index in [1.165, 1.54) is 0 Å². The zero-order valence-electron chi connectivity index (χ0n) is 9.96. The number of nitrogen functional groups attached to an aromatic ring is 1. The third-order valence-corrected chi connectivity index (χ3v) is 2.99. The molecule has 0 fully saturated rings. The molecule has 2 aromatic heterocycles. The van der Waals surface area contributed by atoms with Gasteiger partial charge in [-0.05, 0) is 30.3 Å². The number of aromatic nitrogens is 3. The quantitative estimate of drug-likeness (QED) is 0.529. The topological polar surface area (TPSA) is 68.8 Å². The smallest absolute Gasteiger partial charge is 0.140 e. The van der Waals surface area contributed by atoms with Gasteiger partial charge in [-0.1, -0.05) is 0 Å². The molecular formula is C13H13N5. The molecule has 5 heteroatoms. The second-order valence-corrected chi connectivity index (χ2v) is 4.08. The van der Waals surface area contributed by atoms with E-state index in [1.54, 1.807) is 12.4 Å². The van der Waals surface area contributed by atoms with Gasteiger partial charge in [0.05, 0.1) is 16.7 Å². The van der Waals surface area contributed by atoms with Gasteiger partial charge in [0.1, 0.15) is 5.82 Å². The monoisotopic (exact) mass is 239 g/mol. The van der Waals surface area contributed by atoms with Crippen molar-refractivity contribution in [1.82, 2.24) is 14.5 Å². The maximum Gasteiger partial charge on any atom is 0.140 e. The number of hydrogen-bond donors (Lipinski definition) is 2. The number of anilines is 1. The Morgan fingerprint density at radius 2 is 1.94 bits per heavy atom. The minimum atomic E-state index is 0.849. The fraction of sp³-hybridized carbons (Fsp3) is 0.0769. The normalized spacial score (nSPS) is 10.8. The zero-order valence-corrected chi connectivity index (χ0v) is 9.96. The molecule has 1 aromatic carbocycles. The number of imidazole rings is 1. The van der Waals surface area contributed by atoms with E-state index in [-0.39, 0.29) is 0 Å². The van der Waals surface area contributed by atoms with Crippen LogP contribution in [-0.2, 0) is 7.05 Å². The van der Waals surface area contributed by atoms with Crippen molar-refractivity contribution in [2.24, 2.45) is 12.9 Å². The van der Waals surface area contributed by atoms with Crippen LogP contribution >= 0.6 is 0 Å². The average molecular weight is 239 g/mol. The molecule has 18 heavy (non-hydrogen) atoms. The van der Waals surface area contributed by atoms with Gasteiger partial charge in [0.25, 0.3) is 0 Å². The molecular weight excluding hydrogens is 226 g/mol. The lowest BCUT2D eigenvalue weighted by atomic mass is 10.2. The van der Waals surface area contributed by atoms with Gasteiger partial charge in [0.2, 0.25) is 0 Å². The minimum absolute atomic E-state index is 0.849. The molecule has 3 N–H and O–H groups in total. The van der Waals surface area contributed by atoms with Crippen molar-refractivity contribution in [2.45, 2.75) is 0 Å². The van der Waals surface area contributed by atoms with Gasteiger partial charge in [0.15, 0.2) is 0 Å². The van der Waals surface area contributed by atoms with E-state index >= 15 is 0 Å². The molecule has 0 unspecified atom stereocenters. The number of fused-ring (bicyclic) bond motifs is 1. The molecule has 5 nitrogen and oxygen atoms in total. The zero-order chi connectivity index (χ0) is 12.5. The summed E-state index contributed by atoms with van der Waals surface area (Å²) in [5.74, 6) is 6.32. The number of rotatable bonds is 2. The molecule has 3 rings (SSSR count). The van der Waals surface area contributed by atoms with Crippen LogP contribution in [0.2, 0.25) is 0 Å². The average Bonchev–Trinajstić information content (AvgIpc) is 2.76. The Bertz CT molecular complexity index is 687. The number of benzene rings is 1. The Morgan fingerprint density at radius 1 is 1.17 bits per heavy atom. The van der Waals surface area contributed by atoms with Crippen molar-refractivity contribution < 1.29 is 0 Å². The molecule has 2 heterocycles. The lowest BCUT2D eigenvalue weighted by molar-refractivity contribution is 0.958. The van der Waals surface area contributed by atoms with E-state index in [9.17, 15) is 0 Å². The highest BCUT2D eigenvalue weighted by atomic mass is 15.2. The highest BCUT2D eigenvalue weighted by Crippen LogP contribution is 2.24. The Hall–Kier alpha value is -2.40. The molecule has 0 aliphatic carbocycles. The molecule has 0 radical (unpaired) electrons. The number of nitrogens with two attached hydrogens (primary N) is 1. The summed E-state index contributed by atoms with van der Waals surface area (Å²) in [4.78, 5) is 8.65. The summed E-state index contributed by atoms with van der Waals surface area (Å²) in [6.07, 6.45) is 3.53. The van der Waals surface area contributed by atoms with Gasteiger partial charge < -0.3 is 9.99 Å². The number of nitrogens with zero attached hydrogens (tertiary/aromatic N) is 3. The third kappa shape index (κ3) is 1.61. The van der Waals surface area contributed by atoms with Crippen LogP contribution in [0.15, 0.2) is 42.7 Å². The Balaban J connectivity index is 2.23. The van der Waals surface area contributed by atoms with Crippen LogP contribution in [0, 0.1) is 0 Å². The van der Waals surface area contributed by atoms with Gasteiger partial charge in [-0.2, -0.15) is 0 Å². The predicted molar refractivity (Wildman–Crippen MR) is 71.8 cm³/mol. The summed E-state index contributed by atoms with van der Waals surface area (Å²) in [5, 5.41) is 0. The van der Waals surface area contributed by atoms with Gasteiger partial charge in [-0.15, -0.1) is 0 Å². The number of pyridine rings is 1. The molecule has 0 aliphatic rings. The van der Waals surface area contributed by atoms with Crippen LogP contribution in [-0.4, -0.2) is 14.5 Å². The number of hydrazine groups is 1. The number of aryl methyl sites for hydroxylation is 1. The minimum Gasteiger partial charge on any atom is -0.327 e. The molecule has 90 valence electrons. The number of hydrogen-bond acceptors (Lipinski definition) is 4. The van der Waals surface area contributed by atoms with Crippen molar-refractivity contribution >= 4 is 16.7 Å². The first-order valence-electron chi connectivity index (χ1n) is 5.63. The fourth-order valence-electron chi connectivity index (χ4n) is 2.05. The van der Waals surface area contributed by atoms with Crippen LogP contribution in [0.1, 0.15) is 0 Å². The second kappa shape index (κ2) is 4.12. The summed E-state index contributed by atoms with van der Waals surface area (Å²) in [6, 6.07) is 9.76. The molecule has 0 aliphatic heterocycles. The summed E-state index contributed by atoms with van der Waals surface area (Å²) < 4.78 is 2.06. The van der Waals surface area contributed by atoms with E-state index in [0.717, 1.165) is 28.1 Å². The molecule has 0 saturated carbocycles. The van der Waals surface area contributed by atoms with Gasteiger partial charge in [-0.3, -0.25) is 10.8 Å². The lowest BCUT2D eigenvalue weighted by Gasteiger charge is -2.02. The highest BCUT2D eigenvalue weighted by Gasteiger charge is 2.09. The summed E-state index contributed by atoms with van der Waals surface area (Å²) >= 11 is 0. The van der Waals surface area contributed by atoms with Crippen LogP contribution in [0.5, 0.6) is 0 Å². The second-order valence-electron chi connectivity index (χ2n) is 4.08. The predicted octanol–water partition coefficient (Wildman–Crippen LogP) is 1.92. The van der Waals surface area contributed by atoms with Crippen LogP contribution in [0.3, 0.4) is 0 Å². The van der Waals surface area contributed by atoms with E-state index in [0.29, 0.717) is 0 Å². The van der Waals surface area contributed by atoms with Crippen molar-refractivity contribution in [3.8, 4) is 11.4 Å². The first-order chi connectivity index (χ1) is 8.79. The van der Waals surface area contributed by atoms with Gasteiger partial charge in [-0.25, -0.2) is 4.98 Å². The lowest BCUT2D eigenvalue weighted by Crippen LogP contribution is -2.06. The van der Waals surface area contributed by atoms with Crippen molar-refractivity contribution in [2.75, 3.05) is 5.43 Å². The summed E-state index contributed by atoms with van der Waals surface area (Å²) in [6.45, 7) is 0. The van der Waals surface area contributed by atoms with Crippen molar-refractivity contribution in [3.63, 3.8) is 0 Å². The Labute approximate surface area is 104 Å². The molecule has 3 aromatic rings. The van der Waals surface area contributed by atoms with Crippen molar-refractivity contribution in [3.05, 3.63) is 42.7 Å². The summed E-state index contributed by atoms with van der Waals surface area (Å²) in [7, 11) is 2.00. The Morgan fingerprint density at radius 3 is 2.67 bits per heavy atom. The fourth-order valence-corrected chi connectivity index (χ4v) is 2.05. The van der Waals surface area contributed by atoms with Crippen LogP contribution in [0.4, 0.5) is 5.69 Å². The van der Waals surface area contributed by atoms with Gasteiger partial charge >= 0.3 is 0 Å². The molecule has 0 atom stereocenters. The van der Waals surface area contributed by atoms with E-state index in [4.69, 9.17) is 5.84 Å². The Kier molecular flexibility index (Phi) is 2.46. The van der Waals surface area contributed by atoms with E-state index in [1.807, 2.05) is 37.4 Å².